The number of anilines is 2. The zero-order valence-corrected chi connectivity index (χ0v) is 13.7. The van der Waals surface area contributed by atoms with Crippen LogP contribution in [0.1, 0.15) is 13.3 Å². The average Bonchev–Trinajstić information content (AvgIpc) is 2.41. The molecule has 1 aromatic carbocycles. The van der Waals surface area contributed by atoms with Crippen molar-refractivity contribution < 1.29 is 13.5 Å². The number of ether oxygens (including phenoxy) is 1. The molecule has 0 aromatic heterocycles. The third-order valence-corrected chi connectivity index (χ3v) is 3.75. The van der Waals surface area contributed by atoms with Crippen LogP contribution in [0.4, 0.5) is 20.2 Å². The minimum atomic E-state index is -0.587. The number of morpholine rings is 1. The molecule has 0 aliphatic carbocycles. The average molecular weight is 334 g/mol. The van der Waals surface area contributed by atoms with E-state index in [2.05, 4.69) is 30.6 Å². The lowest BCUT2D eigenvalue weighted by Crippen LogP contribution is -2.36. The van der Waals surface area contributed by atoms with Crippen LogP contribution in [-0.4, -0.2) is 36.9 Å². The van der Waals surface area contributed by atoms with E-state index < -0.39 is 15.7 Å². The van der Waals surface area contributed by atoms with Crippen molar-refractivity contribution in [3.05, 3.63) is 23.8 Å². The van der Waals surface area contributed by atoms with Gasteiger partial charge in [0.2, 0.25) is 0 Å². The number of nitrogens with zero attached hydrogens (tertiary/aromatic N) is 1. The molecule has 1 N–H and O–H groups in total. The molecule has 0 bridgehead atoms. The van der Waals surface area contributed by atoms with Gasteiger partial charge in [0.25, 0.3) is 0 Å². The molecule has 0 radical (unpaired) electrons. The number of rotatable bonds is 5. The Morgan fingerprint density at radius 1 is 1.24 bits per heavy atom. The third-order valence-electron chi connectivity index (χ3n) is 3.30. The molecule has 0 spiro atoms. The second kappa shape index (κ2) is 7.07. The maximum Gasteiger partial charge on any atom is 0.151 e. The highest BCUT2D eigenvalue weighted by Gasteiger charge is 2.18. The Morgan fingerprint density at radius 2 is 1.81 bits per heavy atom. The lowest BCUT2D eigenvalue weighted by molar-refractivity contribution is 0.122. The van der Waals surface area contributed by atoms with Gasteiger partial charge in [0.1, 0.15) is 5.69 Å². The summed E-state index contributed by atoms with van der Waals surface area (Å²) in [6.07, 6.45) is 0.573. The molecule has 2 rings (SSSR count). The lowest BCUT2D eigenvalue weighted by Gasteiger charge is -2.29. The van der Waals surface area contributed by atoms with Crippen molar-refractivity contribution in [2.24, 2.45) is 0 Å². The molecule has 1 aliphatic heterocycles. The van der Waals surface area contributed by atoms with Gasteiger partial charge in [-0.25, -0.2) is 8.78 Å². The zero-order valence-electron chi connectivity index (χ0n) is 11.9. The summed E-state index contributed by atoms with van der Waals surface area (Å²) in [5.41, 5.74) is 0.449. The van der Waals surface area contributed by atoms with Crippen LogP contribution in [0, 0.1) is 11.6 Å². The first kappa shape index (κ1) is 16.7. The molecule has 0 atom stereocenters. The van der Waals surface area contributed by atoms with Gasteiger partial charge in [-0.2, -0.15) is 25.3 Å². The number of halogens is 2. The summed E-state index contributed by atoms with van der Waals surface area (Å²) >= 11 is 8.51. The Morgan fingerprint density at radius 3 is 2.33 bits per heavy atom. The summed E-state index contributed by atoms with van der Waals surface area (Å²) in [7, 11) is 0. The lowest BCUT2D eigenvalue weighted by atomic mass is 10.2. The first-order valence-electron chi connectivity index (χ1n) is 6.87. The van der Waals surface area contributed by atoms with Gasteiger partial charge in [0.05, 0.1) is 17.3 Å². The van der Waals surface area contributed by atoms with Gasteiger partial charge in [-0.3, -0.25) is 0 Å². The van der Waals surface area contributed by atoms with E-state index in [0.717, 1.165) is 0 Å². The molecule has 7 heteroatoms. The summed E-state index contributed by atoms with van der Waals surface area (Å²) in [4.78, 5) is 1.91. The fourth-order valence-electron chi connectivity index (χ4n) is 2.16. The molecule has 21 heavy (non-hydrogen) atoms. The highest BCUT2D eigenvalue weighted by Crippen LogP contribution is 2.28. The van der Waals surface area contributed by atoms with Crippen LogP contribution in [0.15, 0.2) is 12.1 Å². The number of benzene rings is 1. The van der Waals surface area contributed by atoms with E-state index in [9.17, 15) is 8.78 Å². The summed E-state index contributed by atoms with van der Waals surface area (Å²) in [5, 5.41) is 2.78. The van der Waals surface area contributed by atoms with Gasteiger partial charge in [-0.15, -0.1) is 0 Å². The summed E-state index contributed by atoms with van der Waals surface area (Å²) < 4.78 is 32.9. The van der Waals surface area contributed by atoms with E-state index in [1.807, 2.05) is 11.8 Å². The van der Waals surface area contributed by atoms with Gasteiger partial charge in [0, 0.05) is 25.3 Å². The van der Waals surface area contributed by atoms with Crippen LogP contribution in [0.5, 0.6) is 0 Å². The maximum atomic E-state index is 14.1. The van der Waals surface area contributed by atoms with Crippen molar-refractivity contribution in [1.82, 2.24) is 0 Å². The topological polar surface area (TPSA) is 24.5 Å². The van der Waals surface area contributed by atoms with Crippen molar-refractivity contribution in [2.75, 3.05) is 43.1 Å². The Bertz CT molecular complexity index is 465. The van der Waals surface area contributed by atoms with E-state index in [4.69, 9.17) is 4.74 Å². The fraction of sp³-hybridized carbons (Fsp3) is 0.571. The van der Waals surface area contributed by atoms with E-state index in [1.54, 1.807) is 0 Å². The van der Waals surface area contributed by atoms with Crippen LogP contribution in [-0.2, 0) is 4.74 Å². The van der Waals surface area contributed by atoms with Crippen LogP contribution in [0.2, 0.25) is 0 Å². The molecule has 118 valence electrons. The van der Waals surface area contributed by atoms with Crippen LogP contribution >= 0.6 is 25.3 Å². The van der Waals surface area contributed by atoms with Gasteiger partial charge >= 0.3 is 0 Å². The molecule has 0 saturated carbocycles. The number of hydrogen-bond acceptors (Lipinski definition) is 5. The molecule has 1 saturated heterocycles. The summed E-state index contributed by atoms with van der Waals surface area (Å²) in [6, 6.07) is 2.72. The molecule has 1 aromatic rings. The molecule has 0 unspecified atom stereocenters. The summed E-state index contributed by atoms with van der Waals surface area (Å²) in [6.45, 7) is 4.66. The quantitative estimate of drug-likeness (QED) is 0.570. The Balaban J connectivity index is 2.06. The first-order valence-corrected chi connectivity index (χ1v) is 7.76. The standard InChI is InChI=1S/C14H20F2N2OS2/c1-14(20,21)2-3-17-13-11(15)8-10(9-12(13)16)18-4-6-19-7-5-18/h8-9,17,20-21H,2-7H2,1H3. The van der Waals surface area contributed by atoms with Gasteiger partial charge in [0.15, 0.2) is 11.6 Å². The van der Waals surface area contributed by atoms with Crippen LogP contribution in [0.3, 0.4) is 0 Å². The van der Waals surface area contributed by atoms with Crippen molar-refractivity contribution in [2.45, 2.75) is 17.4 Å². The predicted octanol–water partition coefficient (Wildman–Crippen LogP) is 3.18. The van der Waals surface area contributed by atoms with Crippen molar-refractivity contribution in [3.63, 3.8) is 0 Å². The molecule has 1 aliphatic rings. The second-order valence-corrected chi connectivity index (χ2v) is 7.60. The van der Waals surface area contributed by atoms with E-state index in [-0.39, 0.29) is 5.69 Å². The molecule has 1 fully saturated rings. The highest BCUT2D eigenvalue weighted by molar-refractivity contribution is 8.00. The first-order chi connectivity index (χ1) is 9.87. The van der Waals surface area contributed by atoms with Crippen molar-refractivity contribution in [1.29, 1.82) is 0 Å². The van der Waals surface area contributed by atoms with E-state index in [0.29, 0.717) is 45.0 Å². The van der Waals surface area contributed by atoms with Crippen LogP contribution < -0.4 is 10.2 Å². The largest absolute Gasteiger partial charge is 0.380 e. The second-order valence-electron chi connectivity index (χ2n) is 5.28. The third kappa shape index (κ3) is 4.93. The Hall–Kier alpha value is -0.660. The molecule has 0 amide bonds. The Kier molecular flexibility index (Phi) is 5.62. The van der Waals surface area contributed by atoms with Gasteiger partial charge < -0.3 is 15.0 Å². The Labute approximate surface area is 134 Å². The monoisotopic (exact) mass is 334 g/mol. The van der Waals surface area contributed by atoms with Crippen molar-refractivity contribution in [3.8, 4) is 0 Å². The number of thiol groups is 2. The fourth-order valence-corrected chi connectivity index (χ4v) is 2.38. The smallest absolute Gasteiger partial charge is 0.151 e. The SMILES string of the molecule is CC(S)(S)CCNc1c(F)cc(N2CCOCC2)cc1F. The molecular weight excluding hydrogens is 314 g/mol. The van der Waals surface area contributed by atoms with Gasteiger partial charge in [-0.05, 0) is 25.5 Å². The number of nitrogens with one attached hydrogen (secondary N) is 1. The normalized spacial score (nSPS) is 16.1. The molecule has 1 heterocycles. The maximum absolute atomic E-state index is 14.1. The predicted molar refractivity (Wildman–Crippen MR) is 88.9 cm³/mol. The van der Waals surface area contributed by atoms with Gasteiger partial charge in [-0.1, -0.05) is 0 Å². The molecule has 3 nitrogen and oxygen atoms in total. The van der Waals surface area contributed by atoms with E-state index in [1.165, 1.54) is 12.1 Å². The minimum Gasteiger partial charge on any atom is -0.380 e. The van der Waals surface area contributed by atoms with Crippen LogP contribution in [0.25, 0.3) is 0 Å². The highest BCUT2D eigenvalue weighted by atomic mass is 32.2. The van der Waals surface area contributed by atoms with Crippen molar-refractivity contribution >= 4 is 36.6 Å². The molecular formula is C14H20F2N2OS2. The minimum absolute atomic E-state index is 0.0991. The zero-order chi connectivity index (χ0) is 15.5. The number of hydrogen-bond donors (Lipinski definition) is 3. The van der Waals surface area contributed by atoms with E-state index >= 15 is 0 Å². The summed E-state index contributed by atoms with van der Waals surface area (Å²) in [5.74, 6) is -1.17.